The first kappa shape index (κ1) is 19.2. The lowest BCUT2D eigenvalue weighted by molar-refractivity contribution is 0.327. The van der Waals surface area contributed by atoms with Crippen molar-refractivity contribution in [3.8, 4) is 5.82 Å². The Kier molecular flexibility index (Phi) is 4.42. The second-order valence-electron chi connectivity index (χ2n) is 7.99. The van der Waals surface area contributed by atoms with E-state index in [1.165, 1.54) is 10.7 Å². The summed E-state index contributed by atoms with van der Waals surface area (Å²) in [5.74, 6) is 1.45. The Bertz CT molecular complexity index is 1410. The van der Waals surface area contributed by atoms with E-state index in [4.69, 9.17) is 0 Å². The molecule has 0 aromatic carbocycles. The Balaban J connectivity index is 1.36. The molecule has 4 aromatic rings. The number of fused-ring (bicyclic) bond motifs is 1. The van der Waals surface area contributed by atoms with Crippen LogP contribution in [0.5, 0.6) is 0 Å². The largest absolute Gasteiger partial charge is 0.341 e. The van der Waals surface area contributed by atoms with Gasteiger partial charge in [0.1, 0.15) is 0 Å². The normalized spacial score (nSPS) is 14.2. The van der Waals surface area contributed by atoms with Crippen LogP contribution < -0.4 is 16.0 Å². The molecule has 0 amide bonds. The van der Waals surface area contributed by atoms with E-state index in [0.717, 1.165) is 11.4 Å². The van der Waals surface area contributed by atoms with Gasteiger partial charge >= 0.3 is 0 Å². The molecule has 0 bridgehead atoms. The standard InChI is InChI=1S/C21H22N8O2/c1-13-8-14(2)29(24-13)18-4-5-19(30)28(25-18)12-15-10-27(11-15)21-23-17-9-22-7-6-16(17)20(31)26(21)3/h4-9,15H,10-12H2,1-3H3. The summed E-state index contributed by atoms with van der Waals surface area (Å²) in [6.45, 7) is 5.74. The lowest BCUT2D eigenvalue weighted by Crippen LogP contribution is -2.51. The van der Waals surface area contributed by atoms with Crippen molar-refractivity contribution in [3.05, 3.63) is 68.8 Å². The zero-order valence-corrected chi connectivity index (χ0v) is 17.6. The minimum absolute atomic E-state index is 0.0960. The monoisotopic (exact) mass is 418 g/mol. The lowest BCUT2D eigenvalue weighted by Gasteiger charge is -2.40. The molecule has 0 spiro atoms. The summed E-state index contributed by atoms with van der Waals surface area (Å²) in [6, 6.07) is 6.86. The summed E-state index contributed by atoms with van der Waals surface area (Å²) in [7, 11) is 1.72. The maximum absolute atomic E-state index is 12.6. The van der Waals surface area contributed by atoms with Crippen LogP contribution in [0.4, 0.5) is 5.95 Å². The quantitative estimate of drug-likeness (QED) is 0.483. The third kappa shape index (κ3) is 3.29. The van der Waals surface area contributed by atoms with E-state index in [9.17, 15) is 9.59 Å². The van der Waals surface area contributed by atoms with E-state index in [2.05, 4.69) is 20.2 Å². The van der Waals surface area contributed by atoms with Gasteiger partial charge in [-0.2, -0.15) is 5.10 Å². The molecular formula is C21H22N8O2. The third-order valence-electron chi connectivity index (χ3n) is 5.61. The van der Waals surface area contributed by atoms with Crippen LogP contribution in [-0.2, 0) is 13.6 Å². The van der Waals surface area contributed by atoms with Gasteiger partial charge < -0.3 is 4.90 Å². The third-order valence-corrected chi connectivity index (χ3v) is 5.61. The fourth-order valence-corrected chi connectivity index (χ4v) is 4.03. The molecule has 4 aromatic heterocycles. The van der Waals surface area contributed by atoms with Gasteiger partial charge in [-0.25, -0.2) is 14.3 Å². The molecule has 5 rings (SSSR count). The fraction of sp³-hybridized carbons (Fsp3) is 0.333. The average Bonchev–Trinajstić information content (AvgIpc) is 3.07. The van der Waals surface area contributed by atoms with Gasteiger partial charge in [-0.05, 0) is 32.0 Å². The van der Waals surface area contributed by atoms with E-state index in [-0.39, 0.29) is 17.0 Å². The topological polar surface area (TPSA) is 104 Å². The predicted molar refractivity (Wildman–Crippen MR) is 116 cm³/mol. The molecular weight excluding hydrogens is 396 g/mol. The highest BCUT2D eigenvalue weighted by atomic mass is 16.1. The smallest absolute Gasteiger partial charge is 0.266 e. The summed E-state index contributed by atoms with van der Waals surface area (Å²) in [6.07, 6.45) is 3.20. The fourth-order valence-electron chi connectivity index (χ4n) is 4.03. The van der Waals surface area contributed by atoms with Crippen molar-refractivity contribution in [2.75, 3.05) is 18.0 Å². The summed E-state index contributed by atoms with van der Waals surface area (Å²) < 4.78 is 4.79. The number of aryl methyl sites for hydroxylation is 2. The number of hydrogen-bond acceptors (Lipinski definition) is 7. The van der Waals surface area contributed by atoms with Crippen molar-refractivity contribution in [2.24, 2.45) is 13.0 Å². The maximum atomic E-state index is 12.6. The molecule has 0 aliphatic carbocycles. The van der Waals surface area contributed by atoms with Crippen LogP contribution >= 0.6 is 0 Å². The highest BCUT2D eigenvalue weighted by Crippen LogP contribution is 2.23. The molecule has 0 radical (unpaired) electrons. The van der Waals surface area contributed by atoms with Crippen molar-refractivity contribution in [3.63, 3.8) is 0 Å². The Labute approximate surface area is 177 Å². The molecule has 0 saturated carbocycles. The molecule has 0 atom stereocenters. The zero-order valence-electron chi connectivity index (χ0n) is 17.6. The van der Waals surface area contributed by atoms with Crippen LogP contribution in [0.2, 0.25) is 0 Å². The molecule has 31 heavy (non-hydrogen) atoms. The van der Waals surface area contributed by atoms with Crippen LogP contribution in [0.3, 0.4) is 0 Å². The molecule has 1 aliphatic heterocycles. The minimum Gasteiger partial charge on any atom is -0.341 e. The first-order valence-corrected chi connectivity index (χ1v) is 10.1. The Morgan fingerprint density at radius 1 is 1.10 bits per heavy atom. The van der Waals surface area contributed by atoms with Gasteiger partial charge in [-0.15, -0.1) is 5.10 Å². The summed E-state index contributed by atoms with van der Waals surface area (Å²) in [5, 5.41) is 9.51. The number of anilines is 1. The Hall–Kier alpha value is -3.82. The molecule has 5 heterocycles. The number of nitrogens with zero attached hydrogens (tertiary/aromatic N) is 8. The first-order valence-electron chi connectivity index (χ1n) is 10.1. The van der Waals surface area contributed by atoms with Crippen molar-refractivity contribution in [1.82, 2.24) is 34.1 Å². The summed E-state index contributed by atoms with van der Waals surface area (Å²) >= 11 is 0. The number of rotatable bonds is 4. The van der Waals surface area contributed by atoms with E-state index >= 15 is 0 Å². The molecule has 10 nitrogen and oxygen atoms in total. The summed E-state index contributed by atoms with van der Waals surface area (Å²) in [5.41, 5.74) is 2.20. The molecule has 1 fully saturated rings. The second kappa shape index (κ2) is 7.15. The van der Waals surface area contributed by atoms with Gasteiger partial charge in [0.25, 0.3) is 11.1 Å². The van der Waals surface area contributed by atoms with Crippen LogP contribution in [-0.4, -0.2) is 47.2 Å². The second-order valence-corrected chi connectivity index (χ2v) is 7.99. The van der Waals surface area contributed by atoms with Crippen LogP contribution in [0, 0.1) is 19.8 Å². The van der Waals surface area contributed by atoms with Gasteiger partial charge in [0.2, 0.25) is 5.95 Å². The average molecular weight is 418 g/mol. The van der Waals surface area contributed by atoms with Crippen molar-refractivity contribution in [1.29, 1.82) is 0 Å². The zero-order chi connectivity index (χ0) is 21.7. The Morgan fingerprint density at radius 2 is 1.90 bits per heavy atom. The van der Waals surface area contributed by atoms with E-state index in [1.54, 1.807) is 40.8 Å². The van der Waals surface area contributed by atoms with Crippen LogP contribution in [0.15, 0.2) is 46.2 Å². The molecule has 1 aliphatic rings. The summed E-state index contributed by atoms with van der Waals surface area (Å²) in [4.78, 5) is 35.7. The van der Waals surface area contributed by atoms with E-state index in [1.807, 2.05) is 24.8 Å². The van der Waals surface area contributed by atoms with Gasteiger partial charge in [-0.3, -0.25) is 19.1 Å². The van der Waals surface area contributed by atoms with Crippen LogP contribution in [0.25, 0.3) is 16.7 Å². The number of hydrogen-bond donors (Lipinski definition) is 0. The maximum Gasteiger partial charge on any atom is 0.266 e. The molecule has 0 unspecified atom stereocenters. The molecule has 1 saturated heterocycles. The highest BCUT2D eigenvalue weighted by molar-refractivity contribution is 5.77. The highest BCUT2D eigenvalue weighted by Gasteiger charge is 2.30. The van der Waals surface area contributed by atoms with Gasteiger partial charge in [0.15, 0.2) is 5.82 Å². The van der Waals surface area contributed by atoms with Gasteiger partial charge in [0, 0.05) is 44.0 Å². The van der Waals surface area contributed by atoms with E-state index in [0.29, 0.717) is 42.3 Å². The van der Waals surface area contributed by atoms with Crippen LogP contribution in [0.1, 0.15) is 11.4 Å². The number of pyridine rings is 1. The van der Waals surface area contributed by atoms with E-state index < -0.39 is 0 Å². The van der Waals surface area contributed by atoms with Crippen molar-refractivity contribution < 1.29 is 0 Å². The molecule has 158 valence electrons. The molecule has 10 heteroatoms. The lowest BCUT2D eigenvalue weighted by atomic mass is 10.0. The number of aromatic nitrogens is 7. The van der Waals surface area contributed by atoms with Crippen molar-refractivity contribution in [2.45, 2.75) is 20.4 Å². The van der Waals surface area contributed by atoms with Gasteiger partial charge in [0.05, 0.1) is 29.3 Å². The Morgan fingerprint density at radius 3 is 2.65 bits per heavy atom. The first-order chi connectivity index (χ1) is 14.9. The van der Waals surface area contributed by atoms with Gasteiger partial charge in [-0.1, -0.05) is 0 Å². The predicted octanol–water partition coefficient (Wildman–Crippen LogP) is 0.824. The minimum atomic E-state index is -0.147. The van der Waals surface area contributed by atoms with Crippen molar-refractivity contribution >= 4 is 16.9 Å². The SMILES string of the molecule is Cc1cc(C)n(-c2ccc(=O)n(CC3CN(c4nc5cnccc5c(=O)n4C)C3)n2)n1. The molecule has 0 N–H and O–H groups in total.